The molecule has 0 aliphatic rings. The summed E-state index contributed by atoms with van der Waals surface area (Å²) in [6.07, 6.45) is 4.77. The topological polar surface area (TPSA) is 100 Å². The first-order valence-corrected chi connectivity index (χ1v) is 7.57. The molecule has 4 rings (SSSR count). The molecule has 0 fully saturated rings. The number of rotatable bonds is 4. The highest BCUT2D eigenvalue weighted by molar-refractivity contribution is 5.96. The molecule has 120 valence electrons. The van der Waals surface area contributed by atoms with Crippen molar-refractivity contribution in [1.82, 2.24) is 24.9 Å². The Morgan fingerprint density at radius 1 is 1.08 bits per heavy atom. The van der Waals surface area contributed by atoms with Gasteiger partial charge in [0.1, 0.15) is 24.7 Å². The summed E-state index contributed by atoms with van der Waals surface area (Å²) in [7, 11) is 0. The molecule has 4 aromatic rings. The van der Waals surface area contributed by atoms with E-state index in [1.54, 1.807) is 18.5 Å². The normalized spacial score (nSPS) is 10.5. The number of nitriles is 1. The lowest BCUT2D eigenvalue weighted by Gasteiger charge is -2.07. The minimum Gasteiger partial charge on any atom is -0.472 e. The predicted octanol–water partition coefficient (Wildman–Crippen LogP) is 2.87. The van der Waals surface area contributed by atoms with E-state index in [1.165, 1.54) is 6.33 Å². The summed E-state index contributed by atoms with van der Waals surface area (Å²) in [6.45, 7) is 0.394. The molecule has 0 radical (unpaired) electrons. The zero-order chi connectivity index (χ0) is 17.1. The first-order chi connectivity index (χ1) is 12.3. The third-order valence-corrected chi connectivity index (χ3v) is 3.68. The number of benzene rings is 1. The van der Waals surface area contributed by atoms with Crippen LogP contribution < -0.4 is 4.74 Å². The van der Waals surface area contributed by atoms with Crippen LogP contribution in [0, 0.1) is 11.3 Å². The van der Waals surface area contributed by atoms with Crippen molar-refractivity contribution >= 4 is 11.0 Å². The maximum Gasteiger partial charge on any atom is 0.232 e. The fraction of sp³-hybridized carbons (Fsp3) is 0.0556. The molecule has 25 heavy (non-hydrogen) atoms. The van der Waals surface area contributed by atoms with Crippen molar-refractivity contribution in [3.8, 4) is 23.2 Å². The smallest absolute Gasteiger partial charge is 0.232 e. The van der Waals surface area contributed by atoms with Gasteiger partial charge in [0.15, 0.2) is 0 Å². The zero-order valence-corrected chi connectivity index (χ0v) is 13.0. The molecule has 1 N–H and O–H groups in total. The van der Waals surface area contributed by atoms with Crippen LogP contribution in [0.3, 0.4) is 0 Å². The SMILES string of the molecule is N#Cc1nccc(-c2c[nH]c3ncnc(OCc4ccccc4)c23)n1. The summed E-state index contributed by atoms with van der Waals surface area (Å²) in [6, 6.07) is 13.5. The Balaban J connectivity index is 1.75. The molecule has 0 aliphatic carbocycles. The van der Waals surface area contributed by atoms with Crippen molar-refractivity contribution in [2.75, 3.05) is 0 Å². The minimum absolute atomic E-state index is 0.107. The van der Waals surface area contributed by atoms with E-state index in [0.29, 0.717) is 23.8 Å². The molecule has 0 atom stereocenters. The van der Waals surface area contributed by atoms with Crippen LogP contribution in [0.2, 0.25) is 0 Å². The van der Waals surface area contributed by atoms with Gasteiger partial charge in [-0.2, -0.15) is 5.26 Å². The summed E-state index contributed by atoms with van der Waals surface area (Å²) < 4.78 is 5.90. The van der Waals surface area contributed by atoms with Gasteiger partial charge in [0, 0.05) is 18.0 Å². The Labute approximate surface area is 143 Å². The number of nitrogens with zero attached hydrogens (tertiary/aromatic N) is 5. The standard InChI is InChI=1S/C18H12N6O/c19-8-15-20-7-6-14(24-15)13-9-21-17-16(13)18(23-11-22-17)25-10-12-4-2-1-3-5-12/h1-7,9,11H,10H2,(H,21,22,23). The molecular weight excluding hydrogens is 316 g/mol. The third kappa shape index (κ3) is 2.88. The van der Waals surface area contributed by atoms with Crippen LogP contribution in [-0.2, 0) is 6.61 Å². The van der Waals surface area contributed by atoms with Gasteiger partial charge in [0.05, 0.1) is 11.1 Å². The van der Waals surface area contributed by atoms with Gasteiger partial charge in [-0.3, -0.25) is 0 Å². The summed E-state index contributed by atoms with van der Waals surface area (Å²) in [5, 5.41) is 9.73. The lowest BCUT2D eigenvalue weighted by Crippen LogP contribution is -1.99. The highest BCUT2D eigenvalue weighted by Gasteiger charge is 2.15. The minimum atomic E-state index is 0.107. The van der Waals surface area contributed by atoms with E-state index >= 15 is 0 Å². The van der Waals surface area contributed by atoms with E-state index in [-0.39, 0.29) is 5.82 Å². The van der Waals surface area contributed by atoms with E-state index in [4.69, 9.17) is 10.00 Å². The molecule has 0 bridgehead atoms. The van der Waals surface area contributed by atoms with Crippen LogP contribution in [-0.4, -0.2) is 24.9 Å². The number of hydrogen-bond acceptors (Lipinski definition) is 6. The highest BCUT2D eigenvalue weighted by atomic mass is 16.5. The third-order valence-electron chi connectivity index (χ3n) is 3.68. The van der Waals surface area contributed by atoms with E-state index < -0.39 is 0 Å². The van der Waals surface area contributed by atoms with Crippen molar-refractivity contribution in [3.63, 3.8) is 0 Å². The molecule has 7 heteroatoms. The molecule has 0 unspecified atom stereocenters. The number of fused-ring (bicyclic) bond motifs is 1. The predicted molar refractivity (Wildman–Crippen MR) is 90.4 cm³/mol. The van der Waals surface area contributed by atoms with Gasteiger partial charge in [-0.25, -0.2) is 19.9 Å². The lowest BCUT2D eigenvalue weighted by molar-refractivity contribution is 0.297. The van der Waals surface area contributed by atoms with Crippen molar-refractivity contribution in [2.45, 2.75) is 6.61 Å². The zero-order valence-electron chi connectivity index (χ0n) is 13.0. The van der Waals surface area contributed by atoms with Gasteiger partial charge < -0.3 is 9.72 Å². The second-order valence-corrected chi connectivity index (χ2v) is 5.26. The van der Waals surface area contributed by atoms with E-state index in [9.17, 15) is 0 Å². The fourth-order valence-corrected chi connectivity index (χ4v) is 2.53. The average molecular weight is 328 g/mol. The largest absolute Gasteiger partial charge is 0.472 e. The van der Waals surface area contributed by atoms with E-state index in [1.807, 2.05) is 36.4 Å². The van der Waals surface area contributed by atoms with Crippen molar-refractivity contribution in [1.29, 1.82) is 5.26 Å². The fourth-order valence-electron chi connectivity index (χ4n) is 2.53. The first-order valence-electron chi connectivity index (χ1n) is 7.57. The Kier molecular flexibility index (Phi) is 3.77. The van der Waals surface area contributed by atoms with Crippen molar-refractivity contribution in [3.05, 3.63) is 66.5 Å². The molecule has 3 aromatic heterocycles. The molecule has 7 nitrogen and oxygen atoms in total. The van der Waals surface area contributed by atoms with Crippen LogP contribution in [0.5, 0.6) is 5.88 Å². The highest BCUT2D eigenvalue weighted by Crippen LogP contribution is 2.32. The summed E-state index contributed by atoms with van der Waals surface area (Å²) in [4.78, 5) is 19.7. The quantitative estimate of drug-likeness (QED) is 0.618. The number of nitrogens with one attached hydrogen (secondary N) is 1. The van der Waals surface area contributed by atoms with Crippen LogP contribution in [0.25, 0.3) is 22.3 Å². The second-order valence-electron chi connectivity index (χ2n) is 5.26. The molecule has 1 aromatic carbocycles. The first kappa shape index (κ1) is 14.8. The van der Waals surface area contributed by atoms with Gasteiger partial charge in [-0.1, -0.05) is 30.3 Å². The molecule has 0 saturated carbocycles. The van der Waals surface area contributed by atoms with Crippen LogP contribution in [0.15, 0.2) is 55.1 Å². The lowest BCUT2D eigenvalue weighted by atomic mass is 10.1. The summed E-state index contributed by atoms with van der Waals surface area (Å²) >= 11 is 0. The molecule has 3 heterocycles. The van der Waals surface area contributed by atoms with Gasteiger partial charge >= 0.3 is 0 Å². The van der Waals surface area contributed by atoms with Crippen LogP contribution in [0.4, 0.5) is 0 Å². The summed E-state index contributed by atoms with van der Waals surface area (Å²) in [5.41, 5.74) is 3.06. The van der Waals surface area contributed by atoms with E-state index in [2.05, 4.69) is 24.9 Å². The number of H-pyrrole nitrogens is 1. The maximum atomic E-state index is 9.01. The van der Waals surface area contributed by atoms with Crippen molar-refractivity contribution < 1.29 is 4.74 Å². The second kappa shape index (κ2) is 6.37. The number of hydrogen-bond donors (Lipinski definition) is 1. The number of aromatic amines is 1. The Morgan fingerprint density at radius 3 is 2.80 bits per heavy atom. The Bertz CT molecular complexity index is 1070. The van der Waals surface area contributed by atoms with Crippen LogP contribution in [0.1, 0.15) is 11.4 Å². The van der Waals surface area contributed by atoms with Gasteiger partial charge in [0.25, 0.3) is 0 Å². The summed E-state index contributed by atoms with van der Waals surface area (Å²) in [5.74, 6) is 0.567. The molecule has 0 saturated heterocycles. The maximum absolute atomic E-state index is 9.01. The molecule has 0 spiro atoms. The average Bonchev–Trinajstić information content (AvgIpc) is 3.12. The molecule has 0 aliphatic heterocycles. The monoisotopic (exact) mass is 328 g/mol. The number of ether oxygens (including phenoxy) is 1. The van der Waals surface area contributed by atoms with Crippen molar-refractivity contribution in [2.24, 2.45) is 0 Å². The molecule has 0 amide bonds. The van der Waals surface area contributed by atoms with Gasteiger partial charge in [-0.05, 0) is 11.6 Å². The van der Waals surface area contributed by atoms with Gasteiger partial charge in [0.2, 0.25) is 11.7 Å². The molecular formula is C18H12N6O. The van der Waals surface area contributed by atoms with Crippen LogP contribution >= 0.6 is 0 Å². The Morgan fingerprint density at radius 2 is 1.96 bits per heavy atom. The van der Waals surface area contributed by atoms with E-state index in [0.717, 1.165) is 16.5 Å². The van der Waals surface area contributed by atoms with Gasteiger partial charge in [-0.15, -0.1) is 0 Å². The number of aromatic nitrogens is 5. The Hall–Kier alpha value is -3.79.